The molecule has 8 nitrogen and oxygen atoms in total. The van der Waals surface area contributed by atoms with Gasteiger partial charge in [-0.2, -0.15) is 4.31 Å². The molecule has 210 valence electrons. The molecule has 1 amide bonds. The number of hydrogen-bond acceptors (Lipinski definition) is 7. The number of ether oxygens (including phenoxy) is 2. The minimum absolute atomic E-state index is 0.00460. The number of aromatic nitrogens is 1. The average molecular weight is 588 g/mol. The van der Waals surface area contributed by atoms with Crippen LogP contribution in [0, 0.1) is 17.6 Å². The number of fused-ring (bicyclic) bond motifs is 1. The van der Waals surface area contributed by atoms with Crippen molar-refractivity contribution in [3.63, 3.8) is 0 Å². The molecular formula is C28H27F2N3O5S2. The van der Waals surface area contributed by atoms with Crippen LogP contribution in [-0.4, -0.2) is 50.9 Å². The Morgan fingerprint density at radius 3 is 2.38 bits per heavy atom. The van der Waals surface area contributed by atoms with Gasteiger partial charge in [-0.15, -0.1) is 0 Å². The van der Waals surface area contributed by atoms with Crippen LogP contribution in [-0.2, 0) is 21.4 Å². The van der Waals surface area contributed by atoms with Gasteiger partial charge in [0.2, 0.25) is 15.9 Å². The molecular weight excluding hydrogens is 560 g/mol. The Hall–Kier alpha value is -3.61. The molecule has 1 fully saturated rings. The molecule has 0 N–H and O–H groups in total. The van der Waals surface area contributed by atoms with Crippen LogP contribution in [0.4, 0.5) is 13.9 Å². The van der Waals surface area contributed by atoms with Crippen LogP contribution >= 0.6 is 11.3 Å². The lowest BCUT2D eigenvalue weighted by Gasteiger charge is -2.33. The predicted octanol–water partition coefficient (Wildman–Crippen LogP) is 5.23. The molecule has 0 radical (unpaired) electrons. The highest BCUT2D eigenvalue weighted by Crippen LogP contribution is 2.41. The molecule has 0 spiro atoms. The van der Waals surface area contributed by atoms with Crippen LogP contribution in [0.5, 0.6) is 11.5 Å². The topological polar surface area (TPSA) is 89.0 Å². The first-order valence-corrected chi connectivity index (χ1v) is 14.8. The highest BCUT2D eigenvalue weighted by molar-refractivity contribution is 7.89. The van der Waals surface area contributed by atoms with E-state index in [1.54, 1.807) is 31.3 Å². The normalized spacial score (nSPS) is 14.8. The van der Waals surface area contributed by atoms with Crippen LogP contribution in [0.25, 0.3) is 10.2 Å². The first kappa shape index (κ1) is 27.9. The van der Waals surface area contributed by atoms with Gasteiger partial charge < -0.3 is 9.47 Å². The lowest BCUT2D eigenvalue weighted by atomic mass is 9.96. The van der Waals surface area contributed by atoms with Gasteiger partial charge in [-0.3, -0.25) is 9.69 Å². The molecule has 0 aliphatic carbocycles. The third-order valence-electron chi connectivity index (χ3n) is 6.89. The SMILES string of the molecule is COc1ccc(OC)c2sc(N(Cc3ccccc3)C(=O)C3CCN(S(=O)(=O)c4cc(F)ccc4F)CC3)nc12. The van der Waals surface area contributed by atoms with E-state index in [0.29, 0.717) is 28.2 Å². The molecule has 40 heavy (non-hydrogen) atoms. The highest BCUT2D eigenvalue weighted by Gasteiger charge is 2.36. The zero-order valence-corrected chi connectivity index (χ0v) is 23.5. The van der Waals surface area contributed by atoms with E-state index in [1.165, 1.54) is 11.3 Å². The molecule has 1 aromatic heterocycles. The maximum Gasteiger partial charge on any atom is 0.246 e. The first-order chi connectivity index (χ1) is 19.2. The second kappa shape index (κ2) is 11.5. The van der Waals surface area contributed by atoms with Gasteiger partial charge in [-0.1, -0.05) is 41.7 Å². The maximum atomic E-state index is 14.3. The number of sulfonamides is 1. The number of anilines is 1. The summed E-state index contributed by atoms with van der Waals surface area (Å²) in [6.07, 6.45) is 0.440. The number of thiazole rings is 1. The molecule has 1 saturated heterocycles. The number of hydrogen-bond donors (Lipinski definition) is 0. The van der Waals surface area contributed by atoms with Gasteiger partial charge in [0.05, 0.1) is 20.8 Å². The quantitative estimate of drug-likeness (QED) is 0.281. The van der Waals surface area contributed by atoms with Gasteiger partial charge in [-0.25, -0.2) is 22.2 Å². The molecule has 5 rings (SSSR count). The van der Waals surface area contributed by atoms with Crippen LogP contribution in [0.2, 0.25) is 0 Å². The molecule has 0 unspecified atom stereocenters. The predicted molar refractivity (Wildman–Crippen MR) is 148 cm³/mol. The second-order valence-corrected chi connectivity index (χ2v) is 12.2. The fourth-order valence-electron chi connectivity index (χ4n) is 4.77. The monoisotopic (exact) mass is 587 g/mol. The summed E-state index contributed by atoms with van der Waals surface area (Å²) >= 11 is 1.31. The van der Waals surface area contributed by atoms with Crippen LogP contribution in [0.3, 0.4) is 0 Å². The van der Waals surface area contributed by atoms with E-state index in [2.05, 4.69) is 0 Å². The fourth-order valence-corrected chi connectivity index (χ4v) is 7.40. The lowest BCUT2D eigenvalue weighted by molar-refractivity contribution is -0.123. The molecule has 12 heteroatoms. The molecule has 0 bridgehead atoms. The van der Waals surface area contributed by atoms with Crippen molar-refractivity contribution in [1.82, 2.24) is 9.29 Å². The standard InChI is InChI=1S/C28H27F2N3O5S2/c1-37-22-10-11-23(38-2)26-25(22)31-28(39-26)33(17-18-6-4-3-5-7-18)27(34)19-12-14-32(15-13-19)40(35,36)24-16-20(29)8-9-21(24)30/h3-11,16,19H,12-15,17H2,1-2H3. The van der Waals surface area contributed by atoms with E-state index in [0.717, 1.165) is 26.7 Å². The van der Waals surface area contributed by atoms with Crippen LogP contribution < -0.4 is 14.4 Å². The summed E-state index contributed by atoms with van der Waals surface area (Å²) in [6.45, 7) is 0.252. The Morgan fingerprint density at radius 1 is 1.02 bits per heavy atom. The zero-order chi connectivity index (χ0) is 28.4. The maximum absolute atomic E-state index is 14.3. The van der Waals surface area contributed by atoms with Crippen LogP contribution in [0.1, 0.15) is 18.4 Å². The number of nitrogens with zero attached hydrogens (tertiary/aromatic N) is 3. The summed E-state index contributed by atoms with van der Waals surface area (Å²) in [7, 11) is -1.16. The summed E-state index contributed by atoms with van der Waals surface area (Å²) in [6, 6.07) is 15.4. The van der Waals surface area contributed by atoms with Gasteiger partial charge in [0.1, 0.15) is 38.2 Å². The number of carbonyl (C=O) groups excluding carboxylic acids is 1. The Balaban J connectivity index is 1.43. The number of methoxy groups -OCH3 is 2. The van der Waals surface area contributed by atoms with Crippen molar-refractivity contribution in [2.24, 2.45) is 5.92 Å². The van der Waals surface area contributed by atoms with Gasteiger partial charge in [-0.05, 0) is 48.7 Å². The summed E-state index contributed by atoms with van der Waals surface area (Å²) in [4.78, 5) is 19.6. The van der Waals surface area contributed by atoms with E-state index in [-0.39, 0.29) is 38.4 Å². The summed E-state index contributed by atoms with van der Waals surface area (Å²) < 4.78 is 66.9. The molecule has 1 aliphatic rings. The molecule has 0 saturated carbocycles. The van der Waals surface area contributed by atoms with Crippen molar-refractivity contribution in [1.29, 1.82) is 0 Å². The molecule has 0 atom stereocenters. The van der Waals surface area contributed by atoms with Crippen molar-refractivity contribution in [3.8, 4) is 11.5 Å². The van der Waals surface area contributed by atoms with Crippen molar-refractivity contribution < 1.29 is 31.5 Å². The molecule has 4 aromatic rings. The van der Waals surface area contributed by atoms with E-state index in [9.17, 15) is 22.0 Å². The number of carbonyl (C=O) groups is 1. The number of amides is 1. The minimum atomic E-state index is -4.26. The third kappa shape index (κ3) is 5.38. The van der Waals surface area contributed by atoms with Crippen molar-refractivity contribution in [2.75, 3.05) is 32.2 Å². The Labute approximate surface area is 234 Å². The van der Waals surface area contributed by atoms with E-state index >= 15 is 0 Å². The first-order valence-electron chi connectivity index (χ1n) is 12.5. The fraction of sp³-hybridized carbons (Fsp3) is 0.286. The van der Waals surface area contributed by atoms with Crippen molar-refractivity contribution in [3.05, 3.63) is 77.9 Å². The Morgan fingerprint density at radius 2 is 1.70 bits per heavy atom. The van der Waals surface area contributed by atoms with E-state index in [4.69, 9.17) is 14.5 Å². The third-order valence-corrected chi connectivity index (χ3v) is 9.90. The van der Waals surface area contributed by atoms with Gasteiger partial charge in [0.25, 0.3) is 0 Å². The van der Waals surface area contributed by atoms with E-state index < -0.39 is 32.5 Å². The number of rotatable bonds is 8. The summed E-state index contributed by atoms with van der Waals surface area (Å²) in [5.41, 5.74) is 1.47. The molecule has 1 aliphatic heterocycles. The second-order valence-electron chi connectivity index (χ2n) is 9.31. The lowest BCUT2D eigenvalue weighted by Crippen LogP contribution is -2.44. The van der Waals surface area contributed by atoms with Gasteiger partial charge in [0, 0.05) is 19.0 Å². The largest absolute Gasteiger partial charge is 0.495 e. The van der Waals surface area contributed by atoms with Crippen molar-refractivity contribution >= 4 is 42.6 Å². The molecule has 2 heterocycles. The highest BCUT2D eigenvalue weighted by atomic mass is 32.2. The zero-order valence-electron chi connectivity index (χ0n) is 21.8. The molecule has 3 aromatic carbocycles. The van der Waals surface area contributed by atoms with E-state index in [1.807, 2.05) is 30.3 Å². The average Bonchev–Trinajstić information content (AvgIpc) is 3.42. The Kier molecular flexibility index (Phi) is 8.02. The smallest absolute Gasteiger partial charge is 0.246 e. The van der Waals surface area contributed by atoms with Gasteiger partial charge >= 0.3 is 0 Å². The van der Waals surface area contributed by atoms with Gasteiger partial charge in [0.15, 0.2) is 5.13 Å². The number of benzene rings is 3. The number of piperidine rings is 1. The summed E-state index contributed by atoms with van der Waals surface area (Å²) in [5, 5.41) is 0.462. The van der Waals surface area contributed by atoms with Crippen LogP contribution in [0.15, 0.2) is 65.6 Å². The number of halogens is 2. The minimum Gasteiger partial charge on any atom is -0.495 e. The summed E-state index contributed by atoms with van der Waals surface area (Å²) in [5.74, 6) is -1.40. The Bertz CT molecular complexity index is 1600. The van der Waals surface area contributed by atoms with Crippen molar-refractivity contribution in [2.45, 2.75) is 24.3 Å².